The van der Waals surface area contributed by atoms with Crippen molar-refractivity contribution in [3.8, 4) is 17.0 Å². The zero-order valence-corrected chi connectivity index (χ0v) is 22.5. The molecule has 5 aromatic rings. The first-order chi connectivity index (χ1) is 19.4. The maximum Gasteiger partial charge on any atom is 0.278 e. The van der Waals surface area contributed by atoms with Gasteiger partial charge in [-0.05, 0) is 42.8 Å². The molecular formula is C28H26N6O5S. The minimum Gasteiger partial charge on any atom is -0.497 e. The number of aryl methyl sites for hydroxylation is 1. The van der Waals surface area contributed by atoms with Gasteiger partial charge in [-0.25, -0.2) is 23.6 Å². The molecule has 0 saturated carbocycles. The molecule has 0 aliphatic heterocycles. The average Bonchev–Trinajstić information content (AvgIpc) is 3.39. The average molecular weight is 559 g/mol. The third-order valence-corrected chi connectivity index (χ3v) is 8.13. The third kappa shape index (κ3) is 4.85. The van der Waals surface area contributed by atoms with Crippen molar-refractivity contribution < 1.29 is 23.2 Å². The fraction of sp³-hybridized carbons (Fsp3) is 0.143. The van der Waals surface area contributed by atoms with Crippen molar-refractivity contribution in [2.24, 2.45) is 0 Å². The summed E-state index contributed by atoms with van der Waals surface area (Å²) >= 11 is 0. The van der Waals surface area contributed by atoms with Gasteiger partial charge in [0.05, 0.1) is 35.2 Å². The number of nitrogens with one attached hydrogen (secondary N) is 1. The molecule has 0 fully saturated rings. The highest BCUT2D eigenvalue weighted by atomic mass is 32.2. The van der Waals surface area contributed by atoms with E-state index < -0.39 is 15.9 Å². The summed E-state index contributed by atoms with van der Waals surface area (Å²) in [4.78, 5) is 21.6. The van der Waals surface area contributed by atoms with Crippen LogP contribution in [0.25, 0.3) is 22.3 Å². The van der Waals surface area contributed by atoms with Crippen molar-refractivity contribution in [3.05, 3.63) is 96.4 Å². The smallest absolute Gasteiger partial charge is 0.278 e. The summed E-state index contributed by atoms with van der Waals surface area (Å²) in [6, 6.07) is 18.6. The number of hydroxylamine groups is 1. The van der Waals surface area contributed by atoms with E-state index >= 15 is 0 Å². The number of rotatable bonds is 9. The molecule has 0 aliphatic rings. The molecule has 0 saturated heterocycles. The second kappa shape index (κ2) is 11.1. The number of fused-ring (bicyclic) bond motifs is 1. The molecule has 0 radical (unpaired) electrons. The predicted octanol–water partition coefficient (Wildman–Crippen LogP) is 4.04. The molecule has 2 aromatic carbocycles. The number of aromatic nitrogens is 4. The summed E-state index contributed by atoms with van der Waals surface area (Å²) in [7, 11) is -2.82. The number of ether oxygens (including phenoxy) is 1. The van der Waals surface area contributed by atoms with Gasteiger partial charge in [0.25, 0.3) is 15.9 Å². The minimum absolute atomic E-state index is 0.0229. The topological polar surface area (TPSA) is 140 Å². The van der Waals surface area contributed by atoms with Gasteiger partial charge in [-0.2, -0.15) is 5.10 Å². The van der Waals surface area contributed by atoms with Gasteiger partial charge in [0.1, 0.15) is 11.4 Å². The van der Waals surface area contributed by atoms with E-state index in [9.17, 15) is 18.4 Å². The fourth-order valence-electron chi connectivity index (χ4n) is 4.44. The van der Waals surface area contributed by atoms with Gasteiger partial charge < -0.3 is 4.74 Å². The molecule has 1 amide bonds. The number of pyridine rings is 2. The number of amides is 1. The van der Waals surface area contributed by atoms with E-state index in [-0.39, 0.29) is 22.7 Å². The summed E-state index contributed by atoms with van der Waals surface area (Å²) in [6.45, 7) is 2.16. The lowest BCUT2D eigenvalue weighted by Crippen LogP contribution is -2.33. The molecule has 3 aromatic heterocycles. The van der Waals surface area contributed by atoms with Crippen molar-refractivity contribution in [2.45, 2.75) is 24.9 Å². The van der Waals surface area contributed by atoms with E-state index in [0.29, 0.717) is 40.1 Å². The number of anilines is 1. The first-order valence-corrected chi connectivity index (χ1v) is 13.8. The Hall–Kier alpha value is -4.81. The number of carbonyl (C=O) groups excluding carboxylic acids is 1. The molecule has 0 atom stereocenters. The third-order valence-electron chi connectivity index (χ3n) is 6.37. The summed E-state index contributed by atoms with van der Waals surface area (Å²) < 4.78 is 36.8. The van der Waals surface area contributed by atoms with Gasteiger partial charge in [0.15, 0.2) is 5.65 Å². The number of nitrogens with zero attached hydrogens (tertiary/aromatic N) is 5. The van der Waals surface area contributed by atoms with E-state index in [2.05, 4.69) is 9.97 Å². The summed E-state index contributed by atoms with van der Waals surface area (Å²) in [5, 5.41) is 14.7. The molecule has 2 N–H and O–H groups in total. The molecule has 204 valence electrons. The number of hydrogen-bond donors (Lipinski definition) is 2. The van der Waals surface area contributed by atoms with Crippen LogP contribution in [0.5, 0.6) is 5.75 Å². The quantitative estimate of drug-likeness (QED) is 0.204. The fourth-order valence-corrected chi connectivity index (χ4v) is 5.93. The zero-order valence-electron chi connectivity index (χ0n) is 21.7. The van der Waals surface area contributed by atoms with Crippen molar-refractivity contribution >= 4 is 32.7 Å². The van der Waals surface area contributed by atoms with Crippen LogP contribution in [0.2, 0.25) is 0 Å². The lowest BCUT2D eigenvalue weighted by molar-refractivity contribution is 0.0707. The summed E-state index contributed by atoms with van der Waals surface area (Å²) in [5.74, 6) is -0.436. The van der Waals surface area contributed by atoms with Crippen molar-refractivity contribution in [3.63, 3.8) is 0 Å². The Morgan fingerprint density at radius 3 is 2.42 bits per heavy atom. The molecule has 3 heterocycles. The van der Waals surface area contributed by atoms with Gasteiger partial charge in [-0.15, -0.1) is 0 Å². The highest BCUT2D eigenvalue weighted by molar-refractivity contribution is 7.92. The Bertz CT molecular complexity index is 1760. The molecule has 0 unspecified atom stereocenters. The van der Waals surface area contributed by atoms with E-state index in [1.54, 1.807) is 46.8 Å². The number of hydrogen-bond acceptors (Lipinski definition) is 8. The number of benzene rings is 2. The molecular weight excluding hydrogens is 532 g/mol. The second-order valence-corrected chi connectivity index (χ2v) is 10.6. The Balaban J connectivity index is 1.88. The van der Waals surface area contributed by atoms with Gasteiger partial charge in [-0.1, -0.05) is 36.4 Å². The normalized spacial score (nSPS) is 11.4. The zero-order chi connectivity index (χ0) is 28.3. The molecule has 40 heavy (non-hydrogen) atoms. The summed E-state index contributed by atoms with van der Waals surface area (Å²) in [5.41, 5.74) is 3.60. The molecule has 0 bridgehead atoms. The number of carbonyl (C=O) groups is 1. The van der Waals surface area contributed by atoms with Crippen LogP contribution >= 0.6 is 0 Å². The monoisotopic (exact) mass is 558 g/mol. The lowest BCUT2D eigenvalue weighted by atomic mass is 10.1. The molecule has 0 aliphatic carbocycles. The van der Waals surface area contributed by atoms with Crippen molar-refractivity contribution in [2.75, 3.05) is 11.4 Å². The van der Waals surface area contributed by atoms with Crippen LogP contribution in [0.4, 0.5) is 5.69 Å². The van der Waals surface area contributed by atoms with Gasteiger partial charge in [-0.3, -0.25) is 19.3 Å². The van der Waals surface area contributed by atoms with Crippen LogP contribution < -0.4 is 14.5 Å². The van der Waals surface area contributed by atoms with Crippen LogP contribution in [0.3, 0.4) is 0 Å². The number of sulfonamides is 1. The minimum atomic E-state index is -4.31. The highest BCUT2D eigenvalue weighted by Gasteiger charge is 2.33. The maximum atomic E-state index is 14.4. The standard InChI is InChI=1S/C28H26N6O5S/c1-3-33-27-24(25(31-33)20-9-5-4-6-10-20)26(23(17-30-27)28(35)32-36)34(18-19-8-7-15-29-16-19)40(37,38)22-13-11-21(39-2)12-14-22/h4-17,36H,3,18H2,1-2H3,(H,32,35). The van der Waals surface area contributed by atoms with Crippen molar-refractivity contribution in [1.82, 2.24) is 25.2 Å². The maximum absolute atomic E-state index is 14.4. The lowest BCUT2D eigenvalue weighted by Gasteiger charge is -2.27. The first kappa shape index (κ1) is 26.8. The first-order valence-electron chi connectivity index (χ1n) is 12.3. The largest absolute Gasteiger partial charge is 0.497 e. The predicted molar refractivity (Wildman–Crippen MR) is 148 cm³/mol. The Kier molecular flexibility index (Phi) is 7.45. The van der Waals surface area contributed by atoms with Crippen molar-refractivity contribution in [1.29, 1.82) is 0 Å². The van der Waals surface area contributed by atoms with Crippen LogP contribution in [-0.4, -0.2) is 46.4 Å². The van der Waals surface area contributed by atoms with E-state index in [1.807, 2.05) is 37.3 Å². The van der Waals surface area contributed by atoms with E-state index in [4.69, 9.17) is 9.84 Å². The van der Waals surface area contributed by atoms with E-state index in [0.717, 1.165) is 4.31 Å². The van der Waals surface area contributed by atoms with Gasteiger partial charge in [0, 0.05) is 30.7 Å². The Labute approximate surface area is 230 Å². The van der Waals surface area contributed by atoms with Crippen LogP contribution in [0.15, 0.2) is 90.2 Å². The Morgan fingerprint density at radius 1 is 1.05 bits per heavy atom. The van der Waals surface area contributed by atoms with Crippen LogP contribution in [0.1, 0.15) is 22.8 Å². The number of methoxy groups -OCH3 is 1. The Morgan fingerprint density at radius 2 is 1.80 bits per heavy atom. The summed E-state index contributed by atoms with van der Waals surface area (Å²) in [6.07, 6.45) is 4.37. The molecule has 5 rings (SSSR count). The molecule has 11 nitrogen and oxygen atoms in total. The highest BCUT2D eigenvalue weighted by Crippen LogP contribution is 2.40. The van der Waals surface area contributed by atoms with Crippen LogP contribution in [0, 0.1) is 0 Å². The van der Waals surface area contributed by atoms with Gasteiger partial charge in [0.2, 0.25) is 0 Å². The van der Waals surface area contributed by atoms with Crippen LogP contribution in [-0.2, 0) is 23.1 Å². The SMILES string of the molecule is CCn1nc(-c2ccccc2)c2c(N(Cc3cccnc3)S(=O)(=O)c3ccc(OC)cc3)c(C(=O)NO)cnc21. The van der Waals surface area contributed by atoms with E-state index in [1.165, 1.54) is 25.4 Å². The molecule has 0 spiro atoms. The second-order valence-electron chi connectivity index (χ2n) is 8.74. The molecule has 12 heteroatoms. The van der Waals surface area contributed by atoms with Gasteiger partial charge >= 0.3 is 0 Å².